The molecule has 1 N–H and O–H groups in total. The van der Waals surface area contributed by atoms with Gasteiger partial charge in [-0.05, 0) is 35.5 Å². The van der Waals surface area contributed by atoms with Crippen molar-refractivity contribution in [3.8, 4) is 5.75 Å². The minimum atomic E-state index is -2.92. The first-order valence-electron chi connectivity index (χ1n) is 8.82. The van der Waals surface area contributed by atoms with Gasteiger partial charge < -0.3 is 10.1 Å². The molecule has 0 bridgehead atoms. The first-order chi connectivity index (χ1) is 14.4. The van der Waals surface area contributed by atoms with E-state index in [4.69, 9.17) is 0 Å². The molecule has 12 heteroatoms. The predicted molar refractivity (Wildman–Crippen MR) is 103 cm³/mol. The van der Waals surface area contributed by atoms with Crippen molar-refractivity contribution in [1.82, 2.24) is 25.0 Å². The van der Waals surface area contributed by atoms with Crippen molar-refractivity contribution in [1.29, 1.82) is 0 Å². The molecule has 0 atom stereocenters. The van der Waals surface area contributed by atoms with Crippen molar-refractivity contribution in [3.63, 3.8) is 0 Å². The largest absolute Gasteiger partial charge is 0.435 e. The second-order valence-corrected chi connectivity index (χ2v) is 7.03. The first kappa shape index (κ1) is 21.4. The van der Waals surface area contributed by atoms with Crippen LogP contribution in [0.2, 0.25) is 0 Å². The molecule has 9 nitrogen and oxygen atoms in total. The van der Waals surface area contributed by atoms with Crippen LogP contribution in [0.15, 0.2) is 41.8 Å². The number of thioether (sulfide) groups is 1. The molecule has 158 valence electrons. The van der Waals surface area contributed by atoms with Gasteiger partial charge in [0.2, 0.25) is 5.91 Å². The summed E-state index contributed by atoms with van der Waals surface area (Å²) in [5.41, 5.74) is 0.559. The van der Waals surface area contributed by atoms with Crippen LogP contribution in [0.4, 0.5) is 13.6 Å². The number of nitrogens with zero attached hydrogens (tertiary/aromatic N) is 4. The quantitative estimate of drug-likeness (QED) is 0.599. The number of nitrogens with one attached hydrogen (secondary N) is 1. The maximum absolute atomic E-state index is 12.5. The minimum absolute atomic E-state index is 0.00480. The Morgan fingerprint density at radius 3 is 2.67 bits per heavy atom. The van der Waals surface area contributed by atoms with Crippen molar-refractivity contribution < 1.29 is 27.9 Å². The molecular formula is C18H17F2N5O4S. The third-order valence-corrected chi connectivity index (χ3v) is 4.88. The number of imide groups is 1. The third-order valence-electron chi connectivity index (χ3n) is 3.97. The second kappa shape index (κ2) is 9.96. The molecule has 1 aliphatic rings. The van der Waals surface area contributed by atoms with Crippen molar-refractivity contribution >= 4 is 34.9 Å². The van der Waals surface area contributed by atoms with Gasteiger partial charge in [0.25, 0.3) is 11.1 Å². The van der Waals surface area contributed by atoms with Crippen LogP contribution in [-0.2, 0) is 16.1 Å². The summed E-state index contributed by atoms with van der Waals surface area (Å²) >= 11 is 0.775. The summed E-state index contributed by atoms with van der Waals surface area (Å²) < 4.78 is 30.2. The molecule has 3 rings (SSSR count). The average Bonchev–Trinajstić information content (AvgIpc) is 3.31. The lowest BCUT2D eigenvalue weighted by molar-refractivity contribution is -0.124. The van der Waals surface area contributed by atoms with Crippen LogP contribution in [0.3, 0.4) is 0 Å². The monoisotopic (exact) mass is 437 g/mol. The van der Waals surface area contributed by atoms with Gasteiger partial charge in [-0.2, -0.15) is 13.9 Å². The fraction of sp³-hybridized carbons (Fsp3) is 0.278. The zero-order chi connectivity index (χ0) is 21.5. The average molecular weight is 437 g/mol. The summed E-state index contributed by atoms with van der Waals surface area (Å²) in [5, 5.41) is 6.10. The number of carbonyl (C=O) groups is 3. The van der Waals surface area contributed by atoms with Gasteiger partial charge in [-0.15, -0.1) is 0 Å². The lowest BCUT2D eigenvalue weighted by Gasteiger charge is -2.13. The Bertz CT molecular complexity index is 935. The Balaban J connectivity index is 1.49. The van der Waals surface area contributed by atoms with Crippen LogP contribution in [0.25, 0.3) is 6.08 Å². The number of rotatable bonds is 9. The van der Waals surface area contributed by atoms with E-state index in [1.807, 2.05) is 0 Å². The molecule has 0 saturated carbocycles. The third kappa shape index (κ3) is 5.86. The SMILES string of the molecule is O=C(CCn1cncn1)NCCN1C(=O)SC(=Cc2ccc(OC(F)F)cc2)C1=O. The summed E-state index contributed by atoms with van der Waals surface area (Å²) in [6, 6.07) is 5.69. The Kier molecular flexibility index (Phi) is 7.12. The van der Waals surface area contributed by atoms with Gasteiger partial charge >= 0.3 is 6.61 Å². The lowest BCUT2D eigenvalue weighted by Crippen LogP contribution is -2.37. The summed E-state index contributed by atoms with van der Waals surface area (Å²) in [5.74, 6) is -0.719. The second-order valence-electron chi connectivity index (χ2n) is 6.04. The molecule has 30 heavy (non-hydrogen) atoms. The fourth-order valence-electron chi connectivity index (χ4n) is 2.55. The molecule has 1 aromatic heterocycles. The highest BCUT2D eigenvalue weighted by Crippen LogP contribution is 2.32. The number of amides is 3. The molecule has 0 radical (unpaired) electrons. The highest BCUT2D eigenvalue weighted by atomic mass is 32.2. The standard InChI is InChI=1S/C18H17F2N5O4S/c19-17(20)29-13-3-1-12(2-4-13)9-14-16(27)25(18(28)30-14)8-6-22-15(26)5-7-24-11-21-10-23-24/h1-4,9-11,17H,5-8H2,(H,22,26). The smallest absolute Gasteiger partial charge is 0.387 e. The normalized spacial score (nSPS) is 15.3. The van der Waals surface area contributed by atoms with Crippen LogP contribution in [0.1, 0.15) is 12.0 Å². The van der Waals surface area contributed by atoms with E-state index in [0.29, 0.717) is 12.1 Å². The van der Waals surface area contributed by atoms with Crippen molar-refractivity contribution in [2.24, 2.45) is 0 Å². The molecule has 0 aliphatic carbocycles. The van der Waals surface area contributed by atoms with E-state index in [0.717, 1.165) is 16.7 Å². The van der Waals surface area contributed by atoms with Gasteiger partial charge in [0.15, 0.2) is 0 Å². The zero-order valence-corrected chi connectivity index (χ0v) is 16.3. The Morgan fingerprint density at radius 1 is 1.23 bits per heavy atom. The molecule has 0 spiro atoms. The number of alkyl halides is 2. The minimum Gasteiger partial charge on any atom is -0.435 e. The van der Waals surface area contributed by atoms with Crippen molar-refractivity contribution in [2.45, 2.75) is 19.6 Å². The first-order valence-corrected chi connectivity index (χ1v) is 9.63. The van der Waals surface area contributed by atoms with Crippen LogP contribution in [0.5, 0.6) is 5.75 Å². The Morgan fingerprint density at radius 2 is 2.00 bits per heavy atom. The molecule has 1 aliphatic heterocycles. The molecular weight excluding hydrogens is 420 g/mol. The molecule has 2 heterocycles. The number of hydrogen-bond acceptors (Lipinski definition) is 7. The number of halogens is 2. The Hall–Kier alpha value is -3.28. The lowest BCUT2D eigenvalue weighted by atomic mass is 10.2. The number of ether oxygens (including phenoxy) is 1. The highest BCUT2D eigenvalue weighted by molar-refractivity contribution is 8.18. The number of carbonyl (C=O) groups excluding carboxylic acids is 3. The summed E-state index contributed by atoms with van der Waals surface area (Å²) in [7, 11) is 0. The van der Waals surface area contributed by atoms with E-state index < -0.39 is 17.8 Å². The molecule has 1 fully saturated rings. The summed E-state index contributed by atoms with van der Waals surface area (Å²) in [4.78, 5) is 41.4. The van der Waals surface area contributed by atoms with Crippen LogP contribution < -0.4 is 10.1 Å². The van der Waals surface area contributed by atoms with Crippen LogP contribution in [-0.4, -0.2) is 56.4 Å². The summed E-state index contributed by atoms with van der Waals surface area (Å²) in [6.45, 7) is -2.38. The van der Waals surface area contributed by atoms with Crippen LogP contribution in [0, 0.1) is 0 Å². The van der Waals surface area contributed by atoms with Gasteiger partial charge in [0.05, 0.1) is 11.4 Å². The maximum atomic E-state index is 12.5. The summed E-state index contributed by atoms with van der Waals surface area (Å²) in [6.07, 6.45) is 4.56. The molecule has 1 saturated heterocycles. The topological polar surface area (TPSA) is 106 Å². The molecule has 3 amide bonds. The van der Waals surface area contributed by atoms with Gasteiger partial charge in [-0.3, -0.25) is 24.0 Å². The van der Waals surface area contributed by atoms with Gasteiger partial charge in [0, 0.05) is 19.5 Å². The predicted octanol–water partition coefficient (Wildman–Crippen LogP) is 2.12. The molecule has 2 aromatic rings. The number of aromatic nitrogens is 3. The van der Waals surface area contributed by atoms with E-state index in [-0.39, 0.29) is 36.1 Å². The van der Waals surface area contributed by atoms with E-state index in [2.05, 4.69) is 20.1 Å². The van der Waals surface area contributed by atoms with Gasteiger partial charge in [-0.1, -0.05) is 12.1 Å². The Labute approximate surface area is 174 Å². The van der Waals surface area contributed by atoms with E-state index in [1.54, 1.807) is 0 Å². The van der Waals surface area contributed by atoms with Gasteiger partial charge in [0.1, 0.15) is 18.4 Å². The highest BCUT2D eigenvalue weighted by Gasteiger charge is 2.34. The molecule has 0 unspecified atom stereocenters. The van der Waals surface area contributed by atoms with Crippen molar-refractivity contribution in [2.75, 3.05) is 13.1 Å². The van der Waals surface area contributed by atoms with E-state index in [9.17, 15) is 23.2 Å². The molecule has 1 aromatic carbocycles. The number of aryl methyl sites for hydroxylation is 1. The zero-order valence-electron chi connectivity index (χ0n) is 15.5. The van der Waals surface area contributed by atoms with E-state index in [1.165, 1.54) is 47.7 Å². The number of hydrogen-bond donors (Lipinski definition) is 1. The van der Waals surface area contributed by atoms with Crippen LogP contribution >= 0.6 is 11.8 Å². The fourth-order valence-corrected chi connectivity index (χ4v) is 3.41. The van der Waals surface area contributed by atoms with Gasteiger partial charge in [-0.25, -0.2) is 4.98 Å². The number of benzene rings is 1. The van der Waals surface area contributed by atoms with E-state index >= 15 is 0 Å². The maximum Gasteiger partial charge on any atom is 0.387 e. The van der Waals surface area contributed by atoms with Crippen molar-refractivity contribution in [3.05, 3.63) is 47.4 Å².